The average molecular weight is 311 g/mol. The van der Waals surface area contributed by atoms with Crippen LogP contribution in [-0.4, -0.2) is 5.33 Å². The normalized spacial score (nSPS) is 12.8. The van der Waals surface area contributed by atoms with Gasteiger partial charge in [0.15, 0.2) is 0 Å². The summed E-state index contributed by atoms with van der Waals surface area (Å²) >= 11 is 3.70. The maximum atomic E-state index is 3.70. The molecule has 0 saturated heterocycles. The van der Waals surface area contributed by atoms with E-state index < -0.39 is 0 Å². The Morgan fingerprint density at radius 2 is 1.44 bits per heavy atom. The summed E-state index contributed by atoms with van der Waals surface area (Å²) in [7, 11) is 0. The standard InChI is InChI=1S/C17H27Br/c1-6-17(7-2,13-18)12-14-8-10-15(11-9-14)16(3,4)5/h8-11H,6-7,12-13H2,1-5H3. The molecule has 1 rings (SSSR count). The molecule has 0 aromatic heterocycles. The smallest absolute Gasteiger partial charge is 0.00909 e. The van der Waals surface area contributed by atoms with Crippen molar-refractivity contribution in [2.45, 2.75) is 59.3 Å². The summed E-state index contributed by atoms with van der Waals surface area (Å²) in [6.45, 7) is 11.4. The van der Waals surface area contributed by atoms with Gasteiger partial charge >= 0.3 is 0 Å². The maximum absolute atomic E-state index is 3.70. The molecule has 0 aliphatic rings. The van der Waals surface area contributed by atoms with Crippen LogP contribution in [0.15, 0.2) is 24.3 Å². The highest BCUT2D eigenvalue weighted by Crippen LogP contribution is 2.33. The fraction of sp³-hybridized carbons (Fsp3) is 0.647. The summed E-state index contributed by atoms with van der Waals surface area (Å²) in [4.78, 5) is 0. The molecule has 0 heterocycles. The van der Waals surface area contributed by atoms with Crippen LogP contribution in [0, 0.1) is 5.41 Å². The van der Waals surface area contributed by atoms with Crippen molar-refractivity contribution in [3.63, 3.8) is 0 Å². The molecule has 0 nitrogen and oxygen atoms in total. The van der Waals surface area contributed by atoms with Gasteiger partial charge in [-0.3, -0.25) is 0 Å². The van der Waals surface area contributed by atoms with Crippen molar-refractivity contribution < 1.29 is 0 Å². The molecule has 0 unspecified atom stereocenters. The molecule has 0 aliphatic heterocycles. The van der Waals surface area contributed by atoms with Crippen LogP contribution in [0.25, 0.3) is 0 Å². The van der Waals surface area contributed by atoms with Gasteiger partial charge in [-0.2, -0.15) is 0 Å². The second-order valence-electron chi connectivity index (χ2n) is 6.46. The van der Waals surface area contributed by atoms with Gasteiger partial charge in [-0.15, -0.1) is 0 Å². The highest BCUT2D eigenvalue weighted by molar-refractivity contribution is 9.09. The lowest BCUT2D eigenvalue weighted by Gasteiger charge is -2.30. The largest absolute Gasteiger partial charge is 0.0922 e. The SMILES string of the molecule is CCC(CC)(CBr)Cc1ccc(C(C)(C)C)cc1. The minimum absolute atomic E-state index is 0.251. The summed E-state index contributed by atoms with van der Waals surface area (Å²) in [6, 6.07) is 9.20. The van der Waals surface area contributed by atoms with Crippen molar-refractivity contribution in [1.29, 1.82) is 0 Å². The molecule has 0 spiro atoms. The predicted octanol–water partition coefficient (Wildman–Crippen LogP) is 5.73. The number of hydrogen-bond donors (Lipinski definition) is 0. The van der Waals surface area contributed by atoms with Gasteiger partial charge in [0.2, 0.25) is 0 Å². The Morgan fingerprint density at radius 3 is 1.78 bits per heavy atom. The van der Waals surface area contributed by atoms with E-state index in [1.807, 2.05) is 0 Å². The Morgan fingerprint density at radius 1 is 0.944 bits per heavy atom. The van der Waals surface area contributed by atoms with Gasteiger partial charge < -0.3 is 0 Å². The number of halogens is 1. The van der Waals surface area contributed by atoms with Crippen LogP contribution in [0.5, 0.6) is 0 Å². The third-order valence-corrected chi connectivity index (χ3v) is 5.37. The zero-order chi connectivity index (χ0) is 13.8. The van der Waals surface area contributed by atoms with E-state index in [0.717, 1.165) is 5.33 Å². The topological polar surface area (TPSA) is 0 Å². The first kappa shape index (κ1) is 15.8. The molecule has 0 fully saturated rings. The van der Waals surface area contributed by atoms with Gasteiger partial charge in [-0.25, -0.2) is 0 Å². The number of alkyl halides is 1. The van der Waals surface area contributed by atoms with Crippen molar-refractivity contribution in [1.82, 2.24) is 0 Å². The zero-order valence-corrected chi connectivity index (χ0v) is 14.1. The van der Waals surface area contributed by atoms with E-state index in [4.69, 9.17) is 0 Å². The molecule has 0 N–H and O–H groups in total. The Hall–Kier alpha value is -0.300. The summed E-state index contributed by atoms with van der Waals surface area (Å²) in [5.41, 5.74) is 3.55. The van der Waals surface area contributed by atoms with Crippen LogP contribution >= 0.6 is 15.9 Å². The van der Waals surface area contributed by atoms with E-state index in [9.17, 15) is 0 Å². The van der Waals surface area contributed by atoms with Crippen LogP contribution in [0.3, 0.4) is 0 Å². The lowest BCUT2D eigenvalue weighted by atomic mass is 9.78. The van der Waals surface area contributed by atoms with E-state index in [1.54, 1.807) is 0 Å². The Balaban J connectivity index is 2.86. The molecule has 102 valence electrons. The quantitative estimate of drug-likeness (QED) is 0.609. The summed E-state index contributed by atoms with van der Waals surface area (Å²) in [6.07, 6.45) is 3.64. The van der Waals surface area contributed by atoms with Crippen LogP contribution in [0.4, 0.5) is 0 Å². The second-order valence-corrected chi connectivity index (χ2v) is 7.03. The maximum Gasteiger partial charge on any atom is 0.00909 e. The molecule has 18 heavy (non-hydrogen) atoms. The van der Waals surface area contributed by atoms with E-state index >= 15 is 0 Å². The third-order valence-electron chi connectivity index (χ3n) is 4.18. The molecule has 0 saturated carbocycles. The fourth-order valence-electron chi connectivity index (χ4n) is 2.29. The number of benzene rings is 1. The van der Waals surface area contributed by atoms with Gasteiger partial charge in [0.1, 0.15) is 0 Å². The van der Waals surface area contributed by atoms with Gasteiger partial charge in [-0.1, -0.05) is 74.8 Å². The molecule has 1 aromatic rings. The van der Waals surface area contributed by atoms with E-state index in [-0.39, 0.29) is 5.41 Å². The molecular formula is C17H27Br. The molecule has 0 radical (unpaired) electrons. The second kappa shape index (κ2) is 6.23. The summed E-state index contributed by atoms with van der Waals surface area (Å²) in [5, 5.41) is 1.09. The van der Waals surface area contributed by atoms with Gasteiger partial charge in [0.25, 0.3) is 0 Å². The first-order chi connectivity index (χ1) is 8.37. The van der Waals surface area contributed by atoms with Crippen molar-refractivity contribution in [2.24, 2.45) is 5.41 Å². The molecule has 0 atom stereocenters. The van der Waals surface area contributed by atoms with Gasteiger partial charge in [0.05, 0.1) is 0 Å². The molecule has 1 aromatic carbocycles. The van der Waals surface area contributed by atoms with Crippen molar-refractivity contribution in [2.75, 3.05) is 5.33 Å². The fourth-order valence-corrected chi connectivity index (χ4v) is 3.28. The third kappa shape index (κ3) is 3.85. The van der Waals surface area contributed by atoms with Crippen molar-refractivity contribution >= 4 is 15.9 Å². The zero-order valence-electron chi connectivity index (χ0n) is 12.5. The first-order valence-corrected chi connectivity index (χ1v) is 8.14. The minimum atomic E-state index is 0.251. The Kier molecular flexibility index (Phi) is 5.46. The van der Waals surface area contributed by atoms with Gasteiger partial charge in [-0.05, 0) is 41.2 Å². The number of rotatable bonds is 5. The lowest BCUT2D eigenvalue weighted by Crippen LogP contribution is -2.24. The van der Waals surface area contributed by atoms with Crippen LogP contribution in [0.1, 0.15) is 58.6 Å². The molecule has 0 aliphatic carbocycles. The van der Waals surface area contributed by atoms with E-state index in [1.165, 1.54) is 30.4 Å². The Bertz CT molecular complexity index is 344. The highest BCUT2D eigenvalue weighted by atomic mass is 79.9. The van der Waals surface area contributed by atoms with Gasteiger partial charge in [0, 0.05) is 5.33 Å². The summed E-state index contributed by atoms with van der Waals surface area (Å²) < 4.78 is 0. The number of hydrogen-bond acceptors (Lipinski definition) is 0. The highest BCUT2D eigenvalue weighted by Gasteiger charge is 2.25. The predicted molar refractivity (Wildman–Crippen MR) is 85.7 cm³/mol. The average Bonchev–Trinajstić information content (AvgIpc) is 2.36. The molecular weight excluding hydrogens is 284 g/mol. The van der Waals surface area contributed by atoms with Crippen LogP contribution in [-0.2, 0) is 11.8 Å². The van der Waals surface area contributed by atoms with E-state index in [0.29, 0.717) is 5.41 Å². The monoisotopic (exact) mass is 310 g/mol. The van der Waals surface area contributed by atoms with Crippen LogP contribution < -0.4 is 0 Å². The van der Waals surface area contributed by atoms with Crippen molar-refractivity contribution in [3.8, 4) is 0 Å². The minimum Gasteiger partial charge on any atom is -0.0922 e. The van der Waals surface area contributed by atoms with Crippen molar-refractivity contribution in [3.05, 3.63) is 35.4 Å². The molecule has 0 bridgehead atoms. The molecule has 0 amide bonds. The summed E-state index contributed by atoms with van der Waals surface area (Å²) in [5.74, 6) is 0. The molecule has 1 heteroatoms. The Labute approximate surface area is 121 Å². The first-order valence-electron chi connectivity index (χ1n) is 7.02. The van der Waals surface area contributed by atoms with Crippen LogP contribution in [0.2, 0.25) is 0 Å². The van der Waals surface area contributed by atoms with E-state index in [2.05, 4.69) is 74.8 Å². The lowest BCUT2D eigenvalue weighted by molar-refractivity contribution is 0.307.